The second-order valence-electron chi connectivity index (χ2n) is 4.78. The van der Waals surface area contributed by atoms with Gasteiger partial charge in [0.25, 0.3) is 0 Å². The largest absolute Gasteiger partial charge is 0.495 e. The lowest BCUT2D eigenvalue weighted by Gasteiger charge is -2.16. The van der Waals surface area contributed by atoms with E-state index in [1.807, 2.05) is 31.2 Å². The molecule has 2 rings (SSSR count). The highest BCUT2D eigenvalue weighted by molar-refractivity contribution is 6.31. The van der Waals surface area contributed by atoms with Gasteiger partial charge in [0, 0.05) is 17.0 Å². The van der Waals surface area contributed by atoms with Crippen molar-refractivity contribution in [1.29, 1.82) is 0 Å². The van der Waals surface area contributed by atoms with Gasteiger partial charge in [-0.25, -0.2) is 0 Å². The molecule has 0 aromatic heterocycles. The van der Waals surface area contributed by atoms with Gasteiger partial charge in [0.2, 0.25) is 0 Å². The van der Waals surface area contributed by atoms with Crippen LogP contribution in [0.15, 0.2) is 36.4 Å². The lowest BCUT2D eigenvalue weighted by Crippen LogP contribution is -2.07. The van der Waals surface area contributed by atoms with Crippen LogP contribution in [0, 0.1) is 6.92 Å². The minimum Gasteiger partial charge on any atom is -0.495 e. The van der Waals surface area contributed by atoms with Crippen LogP contribution in [0.3, 0.4) is 0 Å². The molecule has 3 N–H and O–H groups in total. The number of aliphatic hydroxyl groups is 1. The second kappa shape index (κ2) is 6.16. The fourth-order valence-corrected chi connectivity index (χ4v) is 2.48. The molecule has 20 heavy (non-hydrogen) atoms. The third kappa shape index (κ3) is 3.06. The number of nitrogen functional groups attached to an aromatic ring is 1. The first kappa shape index (κ1) is 14.7. The maximum absolute atomic E-state index is 10.4. The van der Waals surface area contributed by atoms with Crippen LogP contribution in [0.5, 0.6) is 5.75 Å². The van der Waals surface area contributed by atoms with Gasteiger partial charge in [-0.1, -0.05) is 35.9 Å². The van der Waals surface area contributed by atoms with Gasteiger partial charge in [-0.05, 0) is 30.2 Å². The van der Waals surface area contributed by atoms with E-state index in [-0.39, 0.29) is 0 Å². The fourth-order valence-electron chi connectivity index (χ4n) is 2.17. The molecular formula is C16H18ClNO2. The molecule has 0 saturated carbocycles. The zero-order valence-electron chi connectivity index (χ0n) is 11.6. The number of methoxy groups -OCH3 is 1. The van der Waals surface area contributed by atoms with Crippen molar-refractivity contribution in [3.05, 3.63) is 58.1 Å². The number of benzene rings is 2. The lowest BCUT2D eigenvalue weighted by molar-refractivity contribution is 0.179. The van der Waals surface area contributed by atoms with Crippen LogP contribution in [-0.4, -0.2) is 12.2 Å². The molecule has 0 amide bonds. The van der Waals surface area contributed by atoms with Crippen molar-refractivity contribution in [2.24, 2.45) is 0 Å². The number of aryl methyl sites for hydroxylation is 1. The second-order valence-corrected chi connectivity index (χ2v) is 5.19. The molecule has 0 heterocycles. The molecule has 4 heteroatoms. The molecule has 1 unspecified atom stereocenters. The van der Waals surface area contributed by atoms with E-state index in [4.69, 9.17) is 22.1 Å². The van der Waals surface area contributed by atoms with Gasteiger partial charge >= 0.3 is 0 Å². The molecule has 0 spiro atoms. The lowest BCUT2D eigenvalue weighted by atomic mass is 9.99. The van der Waals surface area contributed by atoms with Crippen LogP contribution in [0.4, 0.5) is 5.69 Å². The summed E-state index contributed by atoms with van der Waals surface area (Å²) in [6.45, 7) is 1.98. The van der Waals surface area contributed by atoms with Crippen molar-refractivity contribution in [2.45, 2.75) is 19.4 Å². The summed E-state index contributed by atoms with van der Waals surface area (Å²) in [4.78, 5) is 0. The normalized spacial score (nSPS) is 12.2. The van der Waals surface area contributed by atoms with Gasteiger partial charge in [0.15, 0.2) is 0 Å². The van der Waals surface area contributed by atoms with E-state index in [9.17, 15) is 5.11 Å². The van der Waals surface area contributed by atoms with Crippen LogP contribution in [-0.2, 0) is 6.42 Å². The van der Waals surface area contributed by atoms with E-state index in [1.165, 1.54) is 0 Å². The molecule has 0 fully saturated rings. The Bertz CT molecular complexity index is 613. The van der Waals surface area contributed by atoms with Gasteiger partial charge < -0.3 is 15.6 Å². The zero-order valence-corrected chi connectivity index (χ0v) is 12.3. The molecular weight excluding hydrogens is 274 g/mol. The first-order valence-corrected chi connectivity index (χ1v) is 6.76. The Morgan fingerprint density at radius 3 is 2.70 bits per heavy atom. The van der Waals surface area contributed by atoms with Crippen LogP contribution in [0.1, 0.15) is 22.8 Å². The Balaban J connectivity index is 2.26. The zero-order chi connectivity index (χ0) is 14.7. The highest BCUT2D eigenvalue weighted by Gasteiger charge is 2.15. The van der Waals surface area contributed by atoms with Gasteiger partial charge in [-0.2, -0.15) is 0 Å². The summed E-state index contributed by atoms with van der Waals surface area (Å²) in [5.41, 5.74) is 9.10. The first-order chi connectivity index (χ1) is 9.52. The van der Waals surface area contributed by atoms with Crippen molar-refractivity contribution >= 4 is 17.3 Å². The number of ether oxygens (including phenoxy) is 1. The van der Waals surface area contributed by atoms with Crippen molar-refractivity contribution in [2.75, 3.05) is 12.8 Å². The summed E-state index contributed by atoms with van der Waals surface area (Å²) in [6, 6.07) is 11.2. The van der Waals surface area contributed by atoms with E-state index in [2.05, 4.69) is 0 Å². The quantitative estimate of drug-likeness (QED) is 0.848. The van der Waals surface area contributed by atoms with E-state index in [1.54, 1.807) is 19.2 Å². The maximum Gasteiger partial charge on any atom is 0.142 e. The number of halogens is 1. The Morgan fingerprint density at radius 1 is 1.30 bits per heavy atom. The molecule has 0 radical (unpaired) electrons. The van der Waals surface area contributed by atoms with Gasteiger partial charge in [-0.15, -0.1) is 0 Å². The molecule has 0 aliphatic carbocycles. The van der Waals surface area contributed by atoms with Crippen molar-refractivity contribution < 1.29 is 9.84 Å². The smallest absolute Gasteiger partial charge is 0.142 e. The average Bonchev–Trinajstić information content (AvgIpc) is 2.42. The van der Waals surface area contributed by atoms with Crippen molar-refractivity contribution in [3.8, 4) is 5.75 Å². The predicted molar refractivity (Wildman–Crippen MR) is 82.3 cm³/mol. The average molecular weight is 292 g/mol. The molecule has 0 aliphatic rings. The molecule has 2 aromatic rings. The van der Waals surface area contributed by atoms with E-state index < -0.39 is 6.10 Å². The topological polar surface area (TPSA) is 55.5 Å². The summed E-state index contributed by atoms with van der Waals surface area (Å²) in [5.74, 6) is 0.566. The number of rotatable bonds is 4. The minimum atomic E-state index is -0.717. The Labute approximate surface area is 123 Å². The number of aliphatic hydroxyl groups excluding tert-OH is 1. The highest BCUT2D eigenvalue weighted by Crippen LogP contribution is 2.32. The van der Waals surface area contributed by atoms with Crippen LogP contribution < -0.4 is 10.5 Å². The standard InChI is InChI=1S/C16H18ClNO2/c1-10-6-7-11(13(17)8-10)9-14(19)12-4-3-5-15(20-2)16(12)18/h3-8,14,19H,9,18H2,1-2H3. The molecule has 1 atom stereocenters. The number of nitrogens with two attached hydrogens (primary N) is 1. The van der Waals surface area contributed by atoms with Crippen LogP contribution in [0.25, 0.3) is 0 Å². The van der Waals surface area contributed by atoms with Gasteiger partial charge in [0.05, 0.1) is 18.9 Å². The van der Waals surface area contributed by atoms with E-state index in [0.29, 0.717) is 28.4 Å². The molecule has 3 nitrogen and oxygen atoms in total. The monoisotopic (exact) mass is 291 g/mol. The fraction of sp³-hybridized carbons (Fsp3) is 0.250. The molecule has 0 aliphatic heterocycles. The maximum atomic E-state index is 10.4. The number of anilines is 1. The summed E-state index contributed by atoms with van der Waals surface area (Å²) < 4.78 is 5.16. The van der Waals surface area contributed by atoms with Crippen LogP contribution in [0.2, 0.25) is 5.02 Å². The number of hydrogen-bond acceptors (Lipinski definition) is 3. The Hall–Kier alpha value is -1.71. The minimum absolute atomic E-state index is 0.413. The molecule has 106 valence electrons. The van der Waals surface area contributed by atoms with Crippen molar-refractivity contribution in [1.82, 2.24) is 0 Å². The predicted octanol–water partition coefficient (Wildman–Crippen LogP) is 3.52. The van der Waals surface area contributed by atoms with E-state index in [0.717, 1.165) is 11.1 Å². The molecule has 0 bridgehead atoms. The third-order valence-electron chi connectivity index (χ3n) is 3.30. The first-order valence-electron chi connectivity index (χ1n) is 6.38. The molecule has 0 saturated heterocycles. The van der Waals surface area contributed by atoms with E-state index >= 15 is 0 Å². The van der Waals surface area contributed by atoms with Gasteiger partial charge in [-0.3, -0.25) is 0 Å². The molecule has 2 aromatic carbocycles. The summed E-state index contributed by atoms with van der Waals surface area (Å²) in [7, 11) is 1.55. The highest BCUT2D eigenvalue weighted by atomic mass is 35.5. The summed E-state index contributed by atoms with van der Waals surface area (Å²) >= 11 is 6.19. The Kier molecular flexibility index (Phi) is 4.53. The van der Waals surface area contributed by atoms with Crippen molar-refractivity contribution in [3.63, 3.8) is 0 Å². The van der Waals surface area contributed by atoms with Gasteiger partial charge in [0.1, 0.15) is 5.75 Å². The number of para-hydroxylation sites is 1. The Morgan fingerprint density at radius 2 is 2.05 bits per heavy atom. The summed E-state index contributed by atoms with van der Waals surface area (Å²) in [5, 5.41) is 11.0. The number of hydrogen-bond donors (Lipinski definition) is 2. The summed E-state index contributed by atoms with van der Waals surface area (Å²) in [6.07, 6.45) is -0.304. The SMILES string of the molecule is COc1cccc(C(O)Cc2ccc(C)cc2Cl)c1N. The third-order valence-corrected chi connectivity index (χ3v) is 3.65. The van der Waals surface area contributed by atoms with Crippen LogP contribution >= 0.6 is 11.6 Å².